The number of aryl methyl sites for hydroxylation is 26. The normalized spacial score (nSPS) is 18.6. The monoisotopic (exact) mass is 1810 g/mol. The number of aromatic nitrogens is 7. The molecule has 3 atom stereocenters. The fourth-order valence-corrected chi connectivity index (χ4v) is 16.4. The summed E-state index contributed by atoms with van der Waals surface area (Å²) < 4.78 is 337. The highest BCUT2D eigenvalue weighted by molar-refractivity contribution is 5.69. The van der Waals surface area contributed by atoms with E-state index in [1.54, 1.807) is 170 Å². The molecule has 0 aliphatic carbocycles. The van der Waals surface area contributed by atoms with Gasteiger partial charge in [0.05, 0.1) is 0 Å². The highest BCUT2D eigenvalue weighted by atomic mass is 15.0. The van der Waals surface area contributed by atoms with Gasteiger partial charge in [-0.3, -0.25) is 0 Å². The molecule has 7 aromatic heterocycles. The third kappa shape index (κ3) is 27.6. The fraction of sp³-hybridized carbons (Fsp3) is 0.384. The average molecular weight is 1810 g/mol. The Morgan fingerprint density at radius 3 is 0.864 bits per heavy atom. The van der Waals surface area contributed by atoms with Gasteiger partial charge in [0.15, 0.2) is 43.4 Å². The molecule has 0 amide bonds. The van der Waals surface area contributed by atoms with Crippen molar-refractivity contribution in [2.75, 3.05) is 0 Å². The van der Waals surface area contributed by atoms with Crippen LogP contribution in [0.2, 0.25) is 0 Å². The highest BCUT2D eigenvalue weighted by Gasteiger charge is 2.25. The van der Waals surface area contributed by atoms with Crippen LogP contribution in [0.4, 0.5) is 0 Å². The van der Waals surface area contributed by atoms with E-state index in [2.05, 4.69) is 29.7 Å². The molecule has 0 fully saturated rings. The SMILES string of the molecule is [2H]C(C)(C)c1ccc(-c2cc(C)c(C([2H])(C)C([2H])([2H])[2H])c[n+]2C)c(C)c1.[2H]C(C)(C)c1ccc(-c2ccc(C([2H])(C)C)c[n+]2C)c(C)c1.[2H]C([2H])([2H])c1cc(C)c(-c2ccc(C([2H])(C)C([2H])([2H])[2H])cc2C)[n+](C)c1.[2H]C([2H])([2H])c1cc(C)c(-c2ccc(C([2H])([2H])C([2H])([2H])[2H])cc2C)[n+](C)c1.[2H]C([2H])([2H])c1ccc(-c2c(C)cc(C([2H])([2H])[2H])c[n+]2C)c(C)c1.[2H]C([2H])([2H])c1ccc(-c2cc(C([2H])(C)C([2H])([2H])[2H])c(C([2H])([2H])[2H])c[n+]2C)c(C)c1.[2H]C([2H])([2H])c1ccc(-c2ccc(C([2H])(C)C)c[n+]2C)c(C)c1. The van der Waals surface area contributed by atoms with Crippen molar-refractivity contribution in [3.05, 3.63) is 370 Å². The lowest BCUT2D eigenvalue weighted by atomic mass is 9.94. The minimum atomic E-state index is -2.76. The van der Waals surface area contributed by atoms with Crippen molar-refractivity contribution in [1.82, 2.24) is 0 Å². The van der Waals surface area contributed by atoms with E-state index in [1.165, 1.54) is 62.4 Å². The van der Waals surface area contributed by atoms with Gasteiger partial charge >= 0.3 is 0 Å². The van der Waals surface area contributed by atoms with Gasteiger partial charge in [-0.05, 0) is 317 Å². The Labute approximate surface area is 860 Å². The number of pyridine rings is 7. The van der Waals surface area contributed by atoms with E-state index in [9.17, 15) is 0 Å². The largest absolute Gasteiger partial charge is 0.215 e. The van der Waals surface area contributed by atoms with Crippen molar-refractivity contribution in [3.8, 4) is 78.8 Å². The van der Waals surface area contributed by atoms with Crippen LogP contribution >= 0.6 is 0 Å². The minimum absolute atomic E-state index is 0.0955. The summed E-state index contributed by atoms with van der Waals surface area (Å²) in [7, 11) is 12.8. The maximum Gasteiger partial charge on any atom is 0.215 e. The van der Waals surface area contributed by atoms with Gasteiger partial charge in [-0.15, -0.1) is 0 Å². The summed E-state index contributed by atoms with van der Waals surface area (Å²) >= 11 is 0. The summed E-state index contributed by atoms with van der Waals surface area (Å²) in [5, 5.41) is 0. The number of rotatable bonds is 15. The van der Waals surface area contributed by atoms with E-state index in [0.717, 1.165) is 134 Å². The Morgan fingerprint density at radius 1 is 0.227 bits per heavy atom. The third-order valence-electron chi connectivity index (χ3n) is 23.5. The number of benzene rings is 7. The zero-order valence-corrected chi connectivity index (χ0v) is 83.0. The number of hydrogen-bond acceptors (Lipinski definition) is 0. The summed E-state index contributed by atoms with van der Waals surface area (Å²) in [5.41, 5.74) is 28.3. The van der Waals surface area contributed by atoms with Crippen LogP contribution in [-0.4, -0.2) is 0 Å². The lowest BCUT2D eigenvalue weighted by molar-refractivity contribution is -0.661. The zero-order valence-electron chi connectivity index (χ0n) is 125. The van der Waals surface area contributed by atoms with Crippen molar-refractivity contribution in [2.24, 2.45) is 49.3 Å². The molecule has 0 aliphatic rings. The van der Waals surface area contributed by atoms with Crippen LogP contribution in [0.15, 0.2) is 225 Å². The van der Waals surface area contributed by atoms with Gasteiger partial charge in [-0.1, -0.05) is 205 Å². The maximum absolute atomic E-state index is 8.44. The molecule has 7 heteroatoms. The second kappa shape index (κ2) is 47.3. The fourth-order valence-electron chi connectivity index (χ4n) is 16.4. The summed E-state index contributed by atoms with van der Waals surface area (Å²) in [4.78, 5) is 0. The second-order valence-corrected chi connectivity index (χ2v) is 35.6. The zero-order chi connectivity index (χ0) is 134. The molecule has 7 aromatic carbocycles. The molecule has 14 aromatic rings. The molecule has 694 valence electrons. The topological polar surface area (TPSA) is 27.2 Å². The van der Waals surface area contributed by atoms with Crippen LogP contribution in [0.25, 0.3) is 78.8 Å². The van der Waals surface area contributed by atoms with Gasteiger partial charge in [0.2, 0.25) is 39.9 Å². The summed E-state index contributed by atoms with van der Waals surface area (Å²) in [6, 6.07) is 53.4. The molecule has 0 spiro atoms. The van der Waals surface area contributed by atoms with Gasteiger partial charge in [-0.2, -0.15) is 0 Å². The molecule has 7 nitrogen and oxygen atoms in total. The van der Waals surface area contributed by atoms with Crippen LogP contribution in [0.5, 0.6) is 0 Å². The Kier molecular flexibility index (Phi) is 21.5. The maximum atomic E-state index is 8.44. The van der Waals surface area contributed by atoms with E-state index in [0.29, 0.717) is 39.1 Å². The molecular formula is C125H166N7+7. The lowest BCUT2D eigenvalue weighted by Crippen LogP contribution is -2.32. The molecule has 3 unspecified atom stereocenters. The van der Waals surface area contributed by atoms with Crippen LogP contribution < -0.4 is 32.0 Å². The van der Waals surface area contributed by atoms with Crippen LogP contribution in [0, 0.1) is 124 Å². The van der Waals surface area contributed by atoms with Gasteiger partial charge in [0, 0.05) is 176 Å². The minimum Gasteiger partial charge on any atom is -0.201 e. The third-order valence-corrected chi connectivity index (χ3v) is 23.5. The predicted octanol–water partition coefficient (Wildman–Crippen LogP) is 29.2. The van der Waals surface area contributed by atoms with Crippen LogP contribution in [0.3, 0.4) is 0 Å². The molecular weight excluding hydrogens is 1600 g/mol. The van der Waals surface area contributed by atoms with Crippen molar-refractivity contribution >= 4 is 0 Å². The van der Waals surface area contributed by atoms with Gasteiger partial charge in [0.1, 0.15) is 49.3 Å². The van der Waals surface area contributed by atoms with Crippen molar-refractivity contribution < 1.29 is 89.5 Å². The van der Waals surface area contributed by atoms with Crippen molar-refractivity contribution in [2.45, 2.75) is 275 Å². The van der Waals surface area contributed by atoms with Crippen molar-refractivity contribution in [3.63, 3.8) is 0 Å². The van der Waals surface area contributed by atoms with E-state index in [1.807, 2.05) is 208 Å². The molecule has 0 saturated heterocycles. The molecule has 0 aliphatic heterocycles. The van der Waals surface area contributed by atoms with Gasteiger partial charge in [0.25, 0.3) is 0 Å². The Bertz CT molecular complexity index is 7760. The molecule has 0 radical (unpaired) electrons. The molecule has 0 saturated carbocycles. The summed E-state index contributed by atoms with van der Waals surface area (Å²) in [6.45, 7) is 13.8. The first-order valence-electron chi connectivity index (χ1n) is 65.1. The van der Waals surface area contributed by atoms with E-state index >= 15 is 0 Å². The first-order chi connectivity index (χ1) is 78.3. The Hall–Kier alpha value is -11.4. The molecule has 132 heavy (non-hydrogen) atoms. The van der Waals surface area contributed by atoms with Gasteiger partial charge < -0.3 is 0 Å². The first kappa shape index (κ1) is 60.0. The molecule has 14 rings (SSSR count). The molecule has 0 bridgehead atoms. The number of hydrogen-bond donors (Lipinski definition) is 0. The van der Waals surface area contributed by atoms with E-state index < -0.39 is 123 Å². The smallest absolute Gasteiger partial charge is 0.201 e. The second-order valence-electron chi connectivity index (χ2n) is 35.6. The van der Waals surface area contributed by atoms with Gasteiger partial charge in [-0.25, -0.2) is 32.0 Å². The average Bonchev–Trinajstić information content (AvgIpc) is 0.739. The quantitative estimate of drug-likeness (QED) is 0.0915. The Balaban J connectivity index is 0.000000245. The summed E-state index contributed by atoms with van der Waals surface area (Å²) in [6.07, 6.45) is 9.39. The Morgan fingerprint density at radius 2 is 0.530 bits per heavy atom. The first-order valence-corrected chi connectivity index (χ1v) is 44.1. The predicted molar refractivity (Wildman–Crippen MR) is 565 cm³/mol. The van der Waals surface area contributed by atoms with Crippen LogP contribution in [0.1, 0.15) is 347 Å². The molecule has 7 heterocycles. The van der Waals surface area contributed by atoms with E-state index in [-0.39, 0.29) is 38.9 Å². The molecule has 0 N–H and O–H groups in total. The lowest BCUT2D eigenvalue weighted by Gasteiger charge is -2.13. The highest BCUT2D eigenvalue weighted by Crippen LogP contribution is 2.34. The van der Waals surface area contributed by atoms with E-state index in [4.69, 9.17) is 57.6 Å². The van der Waals surface area contributed by atoms with Crippen LogP contribution in [-0.2, 0) is 55.7 Å². The standard InChI is InChI=1S/C20H28N.C19H26N.2C18H24N.2C17H22N.C16H20N/c1-13(2)17-8-9-18(15(5)10-17)20-11-16(6)19(14(3)4)12-21(20)7;1-13(2)16-7-9-18(15(5)11-16)19-10-8-17(14(3)4)12-20(19)6;1-12(2)16-7-8-17(14(4)10-16)18-15(5)9-13(3)11-19(18)6;1-12(2)17-10-18(19(6)11-15(17)5)16-8-7-13(3)9-14(16)4;1-12(2)15-7-9-17(18(5)11-15)16-8-6-13(3)10-14(16)4;1-6-15-7-8-16(13(3)10-15)17-14(4)9-12(2)11-18(17)5;1-11-6-7-15(13(3)8-11)16-14(4)9-12(2)10-17(16)5/h8-14H,1-7H3;7-14H,1-6H3;2*7-12H,1-6H3;6-12H,1-5H3;7-11H,6H2,1-5H3;6-10H,1-5H3/q7*+1/i3D3,13D,14D;13D,14D;1D3,3D3,12D;1D3,3D3,5D3,12D;3D3,12D;1D3,2D3,6D2;1D3,2D3. The number of nitrogens with zero attached hydrogens (tertiary/aromatic N) is 7. The van der Waals surface area contributed by atoms with Crippen molar-refractivity contribution in [1.29, 1.82) is 0 Å². The summed E-state index contributed by atoms with van der Waals surface area (Å²) in [5.74, 6) is -7.98.